The van der Waals surface area contributed by atoms with Crippen LogP contribution in [0.15, 0.2) is 18.2 Å². The van der Waals surface area contributed by atoms with Crippen LogP contribution in [0.1, 0.15) is 31.4 Å². The molecule has 0 aliphatic heterocycles. The maximum atomic E-state index is 13.5. The molecule has 0 aliphatic carbocycles. The first kappa shape index (κ1) is 14.4. The van der Waals surface area contributed by atoms with Gasteiger partial charge in [0.2, 0.25) is 0 Å². The van der Waals surface area contributed by atoms with Gasteiger partial charge in [-0.15, -0.1) is 0 Å². The van der Waals surface area contributed by atoms with Crippen molar-refractivity contribution in [2.45, 2.75) is 25.8 Å². The molecule has 0 amide bonds. The van der Waals surface area contributed by atoms with Gasteiger partial charge in [0.25, 0.3) is 0 Å². The molecular weight excluding hydrogens is 237 g/mol. The zero-order chi connectivity index (χ0) is 13.5. The highest BCUT2D eigenvalue weighted by molar-refractivity contribution is 5.66. The number of hydrogen-bond acceptors (Lipinski definition) is 3. The van der Waals surface area contributed by atoms with Gasteiger partial charge >= 0.3 is 5.97 Å². The number of aliphatic carboxylic acids is 1. The number of methoxy groups -OCH3 is 1. The van der Waals surface area contributed by atoms with Gasteiger partial charge in [-0.3, -0.25) is 4.79 Å². The van der Waals surface area contributed by atoms with Crippen molar-refractivity contribution in [2.75, 3.05) is 13.7 Å². The Hall–Kier alpha value is -1.62. The van der Waals surface area contributed by atoms with Crippen LogP contribution >= 0.6 is 0 Å². The molecule has 1 unspecified atom stereocenters. The van der Waals surface area contributed by atoms with Crippen LogP contribution in [0.25, 0.3) is 0 Å². The molecule has 1 rings (SSSR count). The summed E-state index contributed by atoms with van der Waals surface area (Å²) in [6.07, 6.45) is 0.689. The van der Waals surface area contributed by atoms with Gasteiger partial charge in [-0.2, -0.15) is 0 Å². The van der Waals surface area contributed by atoms with E-state index < -0.39 is 11.8 Å². The Labute approximate surface area is 106 Å². The maximum absolute atomic E-state index is 13.5. The monoisotopic (exact) mass is 255 g/mol. The van der Waals surface area contributed by atoms with E-state index in [1.165, 1.54) is 13.2 Å². The number of carboxylic acids is 1. The highest BCUT2D eigenvalue weighted by atomic mass is 19.1. The van der Waals surface area contributed by atoms with E-state index in [4.69, 9.17) is 9.84 Å². The number of hydrogen-bond donors (Lipinski definition) is 2. The third-order valence-corrected chi connectivity index (χ3v) is 2.69. The standard InChI is InChI=1S/C13H18FNO3/c1-9(15-7-3-4-13(16)17)10-5-6-12(18-2)11(14)8-10/h5-6,8-9,15H,3-4,7H2,1-2H3,(H,16,17). The first-order chi connectivity index (χ1) is 8.54. The largest absolute Gasteiger partial charge is 0.494 e. The molecule has 0 saturated heterocycles. The Morgan fingerprint density at radius 3 is 2.83 bits per heavy atom. The van der Waals surface area contributed by atoms with Crippen LogP contribution in [0.5, 0.6) is 5.75 Å². The van der Waals surface area contributed by atoms with Gasteiger partial charge in [-0.05, 0) is 37.6 Å². The number of carboxylic acid groups (broad SMARTS) is 1. The van der Waals surface area contributed by atoms with E-state index in [1.807, 2.05) is 6.92 Å². The summed E-state index contributed by atoms with van der Waals surface area (Å²) in [5.41, 5.74) is 0.809. The lowest BCUT2D eigenvalue weighted by atomic mass is 10.1. The molecule has 5 heteroatoms. The number of nitrogens with one attached hydrogen (secondary N) is 1. The van der Waals surface area contributed by atoms with E-state index in [2.05, 4.69) is 5.32 Å². The zero-order valence-corrected chi connectivity index (χ0v) is 10.6. The summed E-state index contributed by atoms with van der Waals surface area (Å²) in [5.74, 6) is -0.981. The summed E-state index contributed by atoms with van der Waals surface area (Å²) < 4.78 is 18.3. The van der Waals surface area contributed by atoms with Gasteiger partial charge in [0, 0.05) is 12.5 Å². The van der Waals surface area contributed by atoms with E-state index in [0.29, 0.717) is 13.0 Å². The quantitative estimate of drug-likeness (QED) is 0.734. The van der Waals surface area contributed by atoms with Gasteiger partial charge in [0.1, 0.15) is 0 Å². The summed E-state index contributed by atoms with van der Waals surface area (Å²) in [4.78, 5) is 10.3. The third-order valence-electron chi connectivity index (χ3n) is 2.69. The molecule has 18 heavy (non-hydrogen) atoms. The molecule has 1 aromatic rings. The van der Waals surface area contributed by atoms with Crippen LogP contribution < -0.4 is 10.1 Å². The molecule has 4 nitrogen and oxygen atoms in total. The second-order valence-corrected chi connectivity index (χ2v) is 4.07. The van der Waals surface area contributed by atoms with Crippen molar-refractivity contribution in [3.8, 4) is 5.75 Å². The predicted octanol–water partition coefficient (Wildman–Crippen LogP) is 2.35. The summed E-state index contributed by atoms with van der Waals surface area (Å²) >= 11 is 0. The van der Waals surface area contributed by atoms with Gasteiger partial charge in [0.15, 0.2) is 11.6 Å². The molecule has 0 fully saturated rings. The molecular formula is C13H18FNO3. The Balaban J connectivity index is 2.48. The fraction of sp³-hybridized carbons (Fsp3) is 0.462. The van der Waals surface area contributed by atoms with E-state index in [9.17, 15) is 9.18 Å². The van der Waals surface area contributed by atoms with Gasteiger partial charge in [-0.25, -0.2) is 4.39 Å². The van der Waals surface area contributed by atoms with Crippen LogP contribution in [0, 0.1) is 5.82 Å². The minimum Gasteiger partial charge on any atom is -0.494 e. The van der Waals surface area contributed by atoms with Crippen LogP contribution in [0.2, 0.25) is 0 Å². The molecule has 0 spiro atoms. The SMILES string of the molecule is COc1ccc(C(C)NCCCC(=O)O)cc1F. The van der Waals surface area contributed by atoms with Gasteiger partial charge in [0.05, 0.1) is 7.11 Å². The van der Waals surface area contributed by atoms with E-state index >= 15 is 0 Å². The Bertz CT molecular complexity index is 409. The number of rotatable bonds is 7. The molecule has 0 heterocycles. The van der Waals surface area contributed by atoms with Crippen molar-refractivity contribution in [3.05, 3.63) is 29.6 Å². The second-order valence-electron chi connectivity index (χ2n) is 4.07. The first-order valence-corrected chi connectivity index (χ1v) is 5.83. The van der Waals surface area contributed by atoms with Crippen LogP contribution in [-0.2, 0) is 4.79 Å². The van der Waals surface area contributed by atoms with Crippen LogP contribution in [-0.4, -0.2) is 24.7 Å². The molecule has 1 atom stereocenters. The average Bonchev–Trinajstić information content (AvgIpc) is 2.34. The van der Waals surface area contributed by atoms with E-state index in [-0.39, 0.29) is 18.2 Å². The van der Waals surface area contributed by atoms with Crippen molar-refractivity contribution in [1.29, 1.82) is 0 Å². The van der Waals surface area contributed by atoms with Crippen molar-refractivity contribution in [2.24, 2.45) is 0 Å². The Kier molecular flexibility index (Phi) is 5.58. The maximum Gasteiger partial charge on any atom is 0.303 e. The van der Waals surface area contributed by atoms with Crippen molar-refractivity contribution >= 4 is 5.97 Å². The molecule has 0 aliphatic rings. The lowest BCUT2D eigenvalue weighted by Gasteiger charge is -2.14. The highest BCUT2D eigenvalue weighted by Crippen LogP contribution is 2.21. The van der Waals surface area contributed by atoms with E-state index in [1.54, 1.807) is 12.1 Å². The summed E-state index contributed by atoms with van der Waals surface area (Å²) in [6, 6.07) is 4.77. The van der Waals surface area contributed by atoms with Gasteiger partial charge in [-0.1, -0.05) is 6.07 Å². The lowest BCUT2D eigenvalue weighted by molar-refractivity contribution is -0.137. The molecule has 1 aromatic carbocycles. The van der Waals surface area contributed by atoms with E-state index in [0.717, 1.165) is 5.56 Å². The highest BCUT2D eigenvalue weighted by Gasteiger charge is 2.09. The number of halogens is 1. The first-order valence-electron chi connectivity index (χ1n) is 5.83. The molecule has 0 radical (unpaired) electrons. The minimum absolute atomic E-state index is 0.0285. The lowest BCUT2D eigenvalue weighted by Crippen LogP contribution is -2.20. The second kappa shape index (κ2) is 6.96. The van der Waals surface area contributed by atoms with Crippen LogP contribution in [0.3, 0.4) is 0 Å². The minimum atomic E-state index is -0.806. The Morgan fingerprint density at radius 1 is 1.56 bits per heavy atom. The summed E-state index contributed by atoms with van der Waals surface area (Å²) in [6.45, 7) is 2.49. The molecule has 0 saturated carbocycles. The third kappa shape index (κ3) is 4.33. The molecule has 2 N–H and O–H groups in total. The number of carbonyl (C=O) groups is 1. The Morgan fingerprint density at radius 2 is 2.28 bits per heavy atom. The summed E-state index contributed by atoms with van der Waals surface area (Å²) in [5, 5.41) is 11.6. The molecule has 0 aromatic heterocycles. The normalized spacial score (nSPS) is 12.2. The van der Waals surface area contributed by atoms with Gasteiger partial charge < -0.3 is 15.2 Å². The fourth-order valence-electron chi connectivity index (χ4n) is 1.63. The average molecular weight is 255 g/mol. The molecule has 0 bridgehead atoms. The fourth-order valence-corrected chi connectivity index (χ4v) is 1.63. The topological polar surface area (TPSA) is 58.6 Å². The summed E-state index contributed by atoms with van der Waals surface area (Å²) in [7, 11) is 1.42. The van der Waals surface area contributed by atoms with Crippen molar-refractivity contribution < 1.29 is 19.0 Å². The van der Waals surface area contributed by atoms with Crippen molar-refractivity contribution in [1.82, 2.24) is 5.32 Å². The van der Waals surface area contributed by atoms with Crippen molar-refractivity contribution in [3.63, 3.8) is 0 Å². The number of ether oxygens (including phenoxy) is 1. The predicted molar refractivity (Wildman–Crippen MR) is 66.2 cm³/mol. The van der Waals surface area contributed by atoms with Crippen LogP contribution in [0.4, 0.5) is 4.39 Å². The smallest absolute Gasteiger partial charge is 0.303 e. The zero-order valence-electron chi connectivity index (χ0n) is 10.6. The molecule has 100 valence electrons. The number of benzene rings is 1.